The van der Waals surface area contributed by atoms with Crippen LogP contribution in [0.25, 0.3) is 11.1 Å². The zero-order chi connectivity index (χ0) is 28.1. The van der Waals surface area contributed by atoms with Crippen LogP contribution < -0.4 is 14.7 Å². The SMILES string of the molecule is CCC1=NCN(c2ccc(-c3ccc(C(=O)N4CCCc5cc6c(cc54)C4(CCN(C)CC4)CO6)cc3)c(C)c2)O1. The maximum atomic E-state index is 13.9. The zero-order valence-corrected chi connectivity index (χ0v) is 24.3. The third-order valence-electron chi connectivity index (χ3n) is 9.40. The number of aliphatic imine (C=N–C) groups is 1. The van der Waals surface area contributed by atoms with Crippen LogP contribution in [-0.4, -0.2) is 56.7 Å². The second-order valence-corrected chi connectivity index (χ2v) is 12.0. The van der Waals surface area contributed by atoms with E-state index in [1.165, 1.54) is 11.1 Å². The maximum absolute atomic E-state index is 13.9. The Morgan fingerprint density at radius 3 is 2.56 bits per heavy atom. The van der Waals surface area contributed by atoms with Crippen molar-refractivity contribution in [3.63, 3.8) is 0 Å². The molecule has 4 aliphatic rings. The first-order valence-corrected chi connectivity index (χ1v) is 14.9. The first-order chi connectivity index (χ1) is 19.9. The lowest BCUT2D eigenvalue weighted by Crippen LogP contribution is -2.42. The fourth-order valence-corrected chi connectivity index (χ4v) is 6.82. The summed E-state index contributed by atoms with van der Waals surface area (Å²) in [7, 11) is 2.19. The molecule has 1 saturated heterocycles. The van der Waals surface area contributed by atoms with Crippen molar-refractivity contribution in [2.75, 3.05) is 49.9 Å². The molecule has 0 saturated carbocycles. The largest absolute Gasteiger partial charge is 0.492 e. The summed E-state index contributed by atoms with van der Waals surface area (Å²) in [4.78, 5) is 28.5. The number of carbonyl (C=O) groups is 1. The fraction of sp³-hybridized carbons (Fsp3) is 0.412. The molecule has 1 spiro atoms. The van der Waals surface area contributed by atoms with Crippen LogP contribution in [0.4, 0.5) is 11.4 Å². The van der Waals surface area contributed by atoms with Gasteiger partial charge >= 0.3 is 0 Å². The topological polar surface area (TPSA) is 57.6 Å². The average Bonchev–Trinajstić information content (AvgIpc) is 3.62. The molecule has 0 radical (unpaired) electrons. The van der Waals surface area contributed by atoms with E-state index in [9.17, 15) is 4.79 Å². The van der Waals surface area contributed by atoms with Gasteiger partial charge in [-0.2, -0.15) is 5.06 Å². The van der Waals surface area contributed by atoms with Crippen LogP contribution in [0.3, 0.4) is 0 Å². The number of aryl methyl sites for hydroxylation is 2. The van der Waals surface area contributed by atoms with Crippen molar-refractivity contribution < 1.29 is 14.4 Å². The number of amides is 1. The van der Waals surface area contributed by atoms with Gasteiger partial charge in [-0.05, 0) is 111 Å². The summed E-state index contributed by atoms with van der Waals surface area (Å²) in [5, 5.41) is 1.82. The number of piperidine rings is 1. The van der Waals surface area contributed by atoms with Crippen molar-refractivity contribution in [3.8, 4) is 16.9 Å². The molecule has 212 valence electrons. The molecular weight excluding hydrogens is 512 g/mol. The maximum Gasteiger partial charge on any atom is 0.258 e. The van der Waals surface area contributed by atoms with Crippen molar-refractivity contribution >= 4 is 23.2 Å². The van der Waals surface area contributed by atoms with Gasteiger partial charge in [0, 0.05) is 35.2 Å². The highest BCUT2D eigenvalue weighted by Crippen LogP contribution is 2.48. The molecule has 1 fully saturated rings. The Bertz CT molecular complexity index is 1520. The molecule has 0 aromatic heterocycles. The number of hydrogen-bond acceptors (Lipinski definition) is 6. The lowest BCUT2D eigenvalue weighted by Gasteiger charge is -2.37. The third-order valence-corrected chi connectivity index (χ3v) is 9.40. The Kier molecular flexibility index (Phi) is 6.50. The van der Waals surface area contributed by atoms with Crippen molar-refractivity contribution in [2.24, 2.45) is 4.99 Å². The highest BCUT2D eigenvalue weighted by Gasteiger charge is 2.43. The lowest BCUT2D eigenvalue weighted by molar-refractivity contribution is 0.0985. The Morgan fingerprint density at radius 2 is 1.83 bits per heavy atom. The van der Waals surface area contributed by atoms with Gasteiger partial charge in [0.1, 0.15) is 12.4 Å². The minimum atomic E-state index is 0.0683. The fourth-order valence-electron chi connectivity index (χ4n) is 6.82. The molecule has 7 rings (SSSR count). The zero-order valence-electron chi connectivity index (χ0n) is 24.3. The summed E-state index contributed by atoms with van der Waals surface area (Å²) in [6.45, 7) is 8.33. The quantitative estimate of drug-likeness (QED) is 0.391. The number of hydroxylamine groups is 1. The molecule has 0 aliphatic carbocycles. The number of anilines is 2. The number of hydrogen-bond donors (Lipinski definition) is 0. The third kappa shape index (κ3) is 4.56. The van der Waals surface area contributed by atoms with Crippen molar-refractivity contribution in [3.05, 3.63) is 76.9 Å². The van der Waals surface area contributed by atoms with Gasteiger partial charge in [-0.15, -0.1) is 0 Å². The summed E-state index contributed by atoms with van der Waals surface area (Å²) in [5.74, 6) is 1.86. The second kappa shape index (κ2) is 10.2. The van der Waals surface area contributed by atoms with E-state index in [2.05, 4.69) is 66.3 Å². The number of nitrogens with zero attached hydrogens (tertiary/aromatic N) is 4. The van der Waals surface area contributed by atoms with Gasteiger partial charge in [-0.1, -0.05) is 25.1 Å². The van der Waals surface area contributed by atoms with E-state index in [4.69, 9.17) is 9.57 Å². The Hall–Kier alpha value is -3.84. The number of rotatable bonds is 4. The molecule has 0 bridgehead atoms. The summed E-state index contributed by atoms with van der Waals surface area (Å²) < 4.78 is 6.25. The van der Waals surface area contributed by atoms with Gasteiger partial charge in [0.05, 0.1) is 12.3 Å². The van der Waals surface area contributed by atoms with Gasteiger partial charge in [0.15, 0.2) is 0 Å². The molecule has 41 heavy (non-hydrogen) atoms. The summed E-state index contributed by atoms with van der Waals surface area (Å²) in [5.41, 5.74) is 8.77. The van der Waals surface area contributed by atoms with E-state index >= 15 is 0 Å². The normalized spacial score (nSPS) is 19.4. The molecule has 0 atom stereocenters. The Morgan fingerprint density at radius 1 is 1.02 bits per heavy atom. The first-order valence-electron chi connectivity index (χ1n) is 14.9. The van der Waals surface area contributed by atoms with E-state index < -0.39 is 0 Å². The van der Waals surface area contributed by atoms with Crippen molar-refractivity contribution in [2.45, 2.75) is 51.4 Å². The highest BCUT2D eigenvalue weighted by molar-refractivity contribution is 6.07. The molecule has 1 amide bonds. The Labute approximate surface area is 242 Å². The highest BCUT2D eigenvalue weighted by atomic mass is 16.7. The van der Waals surface area contributed by atoms with Crippen molar-refractivity contribution in [1.82, 2.24) is 4.90 Å². The summed E-state index contributed by atoms with van der Waals surface area (Å²) >= 11 is 0. The molecule has 4 aliphatic heterocycles. The number of benzene rings is 3. The van der Waals surface area contributed by atoms with Gasteiger partial charge in [0.25, 0.3) is 5.91 Å². The van der Waals surface area contributed by atoms with Gasteiger partial charge in [0.2, 0.25) is 5.90 Å². The number of ether oxygens (including phenoxy) is 1. The second-order valence-electron chi connectivity index (χ2n) is 12.0. The Balaban J connectivity index is 1.12. The number of likely N-dealkylation sites (tertiary alicyclic amines) is 1. The lowest BCUT2D eigenvalue weighted by atomic mass is 9.74. The van der Waals surface area contributed by atoms with Gasteiger partial charge in [-0.3, -0.25) is 4.79 Å². The molecule has 0 unspecified atom stereocenters. The van der Waals surface area contributed by atoms with Crippen LogP contribution in [0.15, 0.2) is 59.6 Å². The predicted octanol–water partition coefficient (Wildman–Crippen LogP) is 6.13. The summed E-state index contributed by atoms with van der Waals surface area (Å²) in [6.07, 6.45) is 4.93. The monoisotopic (exact) mass is 550 g/mol. The number of carbonyl (C=O) groups excluding carboxylic acids is 1. The van der Waals surface area contributed by atoms with E-state index in [-0.39, 0.29) is 11.3 Å². The van der Waals surface area contributed by atoms with Crippen LogP contribution in [0.2, 0.25) is 0 Å². The minimum Gasteiger partial charge on any atom is -0.492 e. The predicted molar refractivity (Wildman–Crippen MR) is 163 cm³/mol. The first kappa shape index (κ1) is 26.1. The molecule has 7 heteroatoms. The van der Waals surface area contributed by atoms with Crippen LogP contribution in [0.1, 0.15) is 59.7 Å². The van der Waals surface area contributed by atoms with E-state index in [1.54, 1.807) is 0 Å². The number of fused-ring (bicyclic) bond motifs is 3. The van der Waals surface area contributed by atoms with Crippen LogP contribution >= 0.6 is 0 Å². The summed E-state index contributed by atoms with van der Waals surface area (Å²) in [6, 6.07) is 18.9. The molecular formula is C34H38N4O3. The smallest absolute Gasteiger partial charge is 0.258 e. The molecule has 3 aromatic carbocycles. The average molecular weight is 551 g/mol. The van der Waals surface area contributed by atoms with Gasteiger partial charge in [-0.25, -0.2) is 4.99 Å². The molecule has 4 heterocycles. The van der Waals surface area contributed by atoms with Gasteiger partial charge < -0.3 is 19.4 Å². The molecule has 7 nitrogen and oxygen atoms in total. The van der Waals surface area contributed by atoms with Crippen LogP contribution in [0, 0.1) is 6.92 Å². The minimum absolute atomic E-state index is 0.0683. The van der Waals surface area contributed by atoms with Crippen LogP contribution in [0.5, 0.6) is 5.75 Å². The van der Waals surface area contributed by atoms with Crippen LogP contribution in [-0.2, 0) is 16.7 Å². The van der Waals surface area contributed by atoms with E-state index in [0.29, 0.717) is 6.67 Å². The molecule has 0 N–H and O–H groups in total. The van der Waals surface area contributed by atoms with E-state index in [0.717, 1.165) is 104 Å². The molecule has 3 aromatic rings. The standard InChI is InChI=1S/C34H38N4O3/c1-4-32-35-22-38(41-32)27-11-12-28(23(2)18-27)24-7-9-25(10-8-24)33(39)37-15-5-6-26-19-31-29(20-30(26)37)34(21-40-31)13-16-36(3)17-14-34/h7-12,18-20H,4-6,13-17,21-22H2,1-3H3. The van der Waals surface area contributed by atoms with Crippen molar-refractivity contribution in [1.29, 1.82) is 0 Å². The van der Waals surface area contributed by atoms with E-state index in [1.807, 2.05) is 29.0 Å².